The van der Waals surface area contributed by atoms with Gasteiger partial charge < -0.3 is 15.1 Å². The molecule has 0 saturated heterocycles. The van der Waals surface area contributed by atoms with Crippen LogP contribution in [0.5, 0.6) is 0 Å². The molecular weight excluding hydrogens is 202 g/mol. The molecule has 0 aliphatic rings. The van der Waals surface area contributed by atoms with Crippen molar-refractivity contribution >= 4 is 6.01 Å². The number of aromatic nitrogens is 4. The molecule has 0 spiro atoms. The molecule has 0 aliphatic carbocycles. The van der Waals surface area contributed by atoms with Crippen LogP contribution in [0.3, 0.4) is 0 Å². The number of nitrogen functional groups attached to an aromatic ring is 1. The quantitative estimate of drug-likeness (QED) is 0.602. The monoisotopic (exact) mass is 209 g/mol. The van der Waals surface area contributed by atoms with E-state index in [1.165, 1.54) is 13.1 Å². The Kier molecular flexibility index (Phi) is 1.89. The molecule has 0 unspecified atom stereocenters. The molecule has 2 aromatic heterocycles. The zero-order valence-electron chi connectivity index (χ0n) is 7.72. The Balaban J connectivity index is 2.65. The number of nitrogens with two attached hydrogens (primary N) is 1. The first kappa shape index (κ1) is 9.19. The van der Waals surface area contributed by atoms with Crippen LogP contribution in [0.1, 0.15) is 0 Å². The third-order valence-corrected chi connectivity index (χ3v) is 1.82. The molecule has 8 heteroatoms. The zero-order chi connectivity index (χ0) is 11.0. The van der Waals surface area contributed by atoms with E-state index in [9.17, 15) is 9.59 Å². The lowest BCUT2D eigenvalue weighted by atomic mass is 10.4. The smallest absolute Gasteiger partial charge is 0.328 e. The van der Waals surface area contributed by atoms with Gasteiger partial charge in [-0.1, -0.05) is 5.10 Å². The normalized spacial score (nSPS) is 10.5. The van der Waals surface area contributed by atoms with Gasteiger partial charge in [0.15, 0.2) is 0 Å². The first-order chi connectivity index (χ1) is 7.08. The van der Waals surface area contributed by atoms with Crippen LogP contribution >= 0.6 is 0 Å². The topological polar surface area (TPSA) is 120 Å². The molecule has 0 saturated carbocycles. The van der Waals surface area contributed by atoms with E-state index < -0.39 is 11.2 Å². The van der Waals surface area contributed by atoms with Gasteiger partial charge in [0.2, 0.25) is 0 Å². The first-order valence-electron chi connectivity index (χ1n) is 3.97. The lowest BCUT2D eigenvalue weighted by Gasteiger charge is -1.96. The third kappa shape index (κ3) is 1.52. The summed E-state index contributed by atoms with van der Waals surface area (Å²) in [5, 5.41) is 6.94. The maximum atomic E-state index is 11.3. The minimum Gasteiger partial charge on any atom is -0.402 e. The van der Waals surface area contributed by atoms with Crippen LogP contribution in [0.25, 0.3) is 11.6 Å². The fourth-order valence-corrected chi connectivity index (χ4v) is 1.01. The van der Waals surface area contributed by atoms with Crippen LogP contribution in [0, 0.1) is 0 Å². The van der Waals surface area contributed by atoms with E-state index in [0.29, 0.717) is 0 Å². The number of rotatable bonds is 1. The minimum atomic E-state index is -0.561. The highest BCUT2D eigenvalue weighted by Gasteiger charge is 2.09. The highest BCUT2D eigenvalue weighted by atomic mass is 16.4. The van der Waals surface area contributed by atoms with Crippen LogP contribution in [-0.2, 0) is 7.05 Å². The molecule has 0 fully saturated rings. The second-order valence-corrected chi connectivity index (χ2v) is 2.83. The molecule has 15 heavy (non-hydrogen) atoms. The van der Waals surface area contributed by atoms with Crippen molar-refractivity contribution in [3.63, 3.8) is 0 Å². The maximum Gasteiger partial charge on any atom is 0.328 e. The minimum absolute atomic E-state index is 0.00213. The van der Waals surface area contributed by atoms with Gasteiger partial charge in [-0.05, 0) is 0 Å². The highest BCUT2D eigenvalue weighted by molar-refractivity contribution is 5.45. The molecule has 0 atom stereocenters. The van der Waals surface area contributed by atoms with Crippen LogP contribution in [-0.4, -0.2) is 19.7 Å². The van der Waals surface area contributed by atoms with E-state index in [4.69, 9.17) is 10.2 Å². The van der Waals surface area contributed by atoms with E-state index in [0.717, 1.165) is 4.57 Å². The van der Waals surface area contributed by atoms with Gasteiger partial charge in [0, 0.05) is 13.1 Å². The van der Waals surface area contributed by atoms with Crippen molar-refractivity contribution in [1.29, 1.82) is 0 Å². The number of nitrogens with zero attached hydrogens (tertiary/aromatic N) is 3. The van der Waals surface area contributed by atoms with Crippen molar-refractivity contribution in [2.45, 2.75) is 0 Å². The average molecular weight is 209 g/mol. The van der Waals surface area contributed by atoms with Crippen molar-refractivity contribution in [3.05, 3.63) is 26.9 Å². The van der Waals surface area contributed by atoms with Gasteiger partial charge in [0.05, 0.1) is 0 Å². The first-order valence-corrected chi connectivity index (χ1v) is 3.97. The molecule has 0 bridgehead atoms. The van der Waals surface area contributed by atoms with Crippen molar-refractivity contribution in [3.8, 4) is 11.6 Å². The van der Waals surface area contributed by atoms with E-state index >= 15 is 0 Å². The summed E-state index contributed by atoms with van der Waals surface area (Å²) >= 11 is 0. The van der Waals surface area contributed by atoms with Gasteiger partial charge >= 0.3 is 11.7 Å². The van der Waals surface area contributed by atoms with Crippen molar-refractivity contribution in [2.75, 3.05) is 5.73 Å². The third-order valence-electron chi connectivity index (χ3n) is 1.82. The summed E-state index contributed by atoms with van der Waals surface area (Å²) in [5.41, 5.74) is 4.32. The Morgan fingerprint density at radius 1 is 1.47 bits per heavy atom. The molecule has 78 valence electrons. The molecule has 0 radical (unpaired) electrons. The number of aromatic amines is 1. The SMILES string of the molecule is Cn1c(=O)cc(-c2nnc(N)o2)[nH]c1=O. The standard InChI is InChI=1S/C7H7N5O3/c1-12-4(13)2-3(9-7(12)14)5-10-11-6(8)15-5/h2H,1H3,(H2,8,11)(H,9,14). The Labute approximate surface area is 82.4 Å². The number of H-pyrrole nitrogens is 1. The summed E-state index contributed by atoms with van der Waals surface area (Å²) in [4.78, 5) is 24.9. The van der Waals surface area contributed by atoms with E-state index in [-0.39, 0.29) is 17.6 Å². The largest absolute Gasteiger partial charge is 0.402 e. The van der Waals surface area contributed by atoms with Crippen LogP contribution in [0.2, 0.25) is 0 Å². The fraction of sp³-hybridized carbons (Fsp3) is 0.143. The summed E-state index contributed by atoms with van der Waals surface area (Å²) in [5.74, 6) is 0.00213. The van der Waals surface area contributed by atoms with E-state index in [2.05, 4.69) is 15.2 Å². The Morgan fingerprint density at radius 3 is 2.73 bits per heavy atom. The van der Waals surface area contributed by atoms with E-state index in [1.54, 1.807) is 0 Å². The Morgan fingerprint density at radius 2 is 2.20 bits per heavy atom. The molecule has 0 aromatic carbocycles. The fourth-order valence-electron chi connectivity index (χ4n) is 1.01. The van der Waals surface area contributed by atoms with Gasteiger partial charge in [0.25, 0.3) is 11.4 Å². The summed E-state index contributed by atoms with van der Waals surface area (Å²) in [7, 11) is 1.35. The second-order valence-electron chi connectivity index (χ2n) is 2.83. The molecule has 2 rings (SSSR count). The second kappa shape index (κ2) is 3.08. The summed E-state index contributed by atoms with van der Waals surface area (Å²) in [6, 6.07) is 1.04. The molecule has 0 amide bonds. The van der Waals surface area contributed by atoms with Crippen molar-refractivity contribution in [1.82, 2.24) is 19.7 Å². The summed E-state index contributed by atoms with van der Waals surface area (Å²) in [6.45, 7) is 0. The highest BCUT2D eigenvalue weighted by Crippen LogP contribution is 2.12. The van der Waals surface area contributed by atoms with E-state index in [1.807, 2.05) is 0 Å². The zero-order valence-corrected chi connectivity index (χ0v) is 7.72. The number of anilines is 1. The number of hydrogen-bond acceptors (Lipinski definition) is 6. The molecule has 3 N–H and O–H groups in total. The lowest BCUT2D eigenvalue weighted by Crippen LogP contribution is -2.32. The molecule has 2 heterocycles. The molecule has 2 aromatic rings. The van der Waals surface area contributed by atoms with Crippen molar-refractivity contribution in [2.24, 2.45) is 7.05 Å². The Hall–Kier alpha value is -2.38. The van der Waals surface area contributed by atoms with Crippen LogP contribution in [0.4, 0.5) is 6.01 Å². The number of nitrogens with one attached hydrogen (secondary N) is 1. The van der Waals surface area contributed by atoms with Crippen LogP contribution in [0.15, 0.2) is 20.1 Å². The lowest BCUT2D eigenvalue weighted by molar-refractivity contribution is 0.585. The van der Waals surface area contributed by atoms with Crippen molar-refractivity contribution < 1.29 is 4.42 Å². The predicted octanol–water partition coefficient (Wildman–Crippen LogP) is -1.29. The maximum absolute atomic E-state index is 11.3. The summed E-state index contributed by atoms with van der Waals surface area (Å²) in [6.07, 6.45) is 0. The summed E-state index contributed by atoms with van der Waals surface area (Å²) < 4.78 is 5.78. The van der Waals surface area contributed by atoms with Gasteiger partial charge in [-0.2, -0.15) is 0 Å². The molecule has 0 aliphatic heterocycles. The van der Waals surface area contributed by atoms with Gasteiger partial charge in [0.1, 0.15) is 5.69 Å². The number of hydrogen-bond donors (Lipinski definition) is 2. The molecule has 8 nitrogen and oxygen atoms in total. The van der Waals surface area contributed by atoms with Gasteiger partial charge in [-0.25, -0.2) is 4.79 Å². The predicted molar refractivity (Wildman–Crippen MR) is 50.0 cm³/mol. The Bertz CT molecular complexity index is 576. The van der Waals surface area contributed by atoms with Crippen LogP contribution < -0.4 is 17.0 Å². The molecular formula is C7H7N5O3. The van der Waals surface area contributed by atoms with Gasteiger partial charge in [-0.15, -0.1) is 5.10 Å². The van der Waals surface area contributed by atoms with Gasteiger partial charge in [-0.3, -0.25) is 9.36 Å². The average Bonchev–Trinajstić information content (AvgIpc) is 2.60.